The maximum absolute atomic E-state index is 13.9. The lowest BCUT2D eigenvalue weighted by Crippen LogP contribution is -2.02. The molecule has 0 aliphatic heterocycles. The van der Waals surface area contributed by atoms with Gasteiger partial charge in [0, 0.05) is 22.8 Å². The highest BCUT2D eigenvalue weighted by atomic mass is 79.9. The fraction of sp³-hybridized carbons (Fsp3) is 0.0833. The minimum absolute atomic E-state index is 0.0803. The van der Waals surface area contributed by atoms with Gasteiger partial charge in [-0.05, 0) is 24.3 Å². The van der Waals surface area contributed by atoms with Crippen LogP contribution in [0.2, 0.25) is 5.02 Å². The van der Waals surface area contributed by atoms with Crippen molar-refractivity contribution in [1.82, 2.24) is 4.98 Å². The molecule has 1 aromatic heterocycles. The van der Waals surface area contributed by atoms with E-state index in [0.29, 0.717) is 16.3 Å². The molecule has 0 bridgehead atoms. The molecule has 6 heteroatoms. The van der Waals surface area contributed by atoms with Gasteiger partial charge in [0.25, 0.3) is 5.88 Å². The number of pyridine rings is 1. The maximum Gasteiger partial charge on any atom is 0.256 e. The second-order valence-corrected chi connectivity index (χ2v) is 4.79. The molecule has 0 atom stereocenters. The van der Waals surface area contributed by atoms with Crippen molar-refractivity contribution in [2.75, 3.05) is 0 Å². The van der Waals surface area contributed by atoms with Crippen molar-refractivity contribution >= 4 is 27.5 Å². The van der Waals surface area contributed by atoms with E-state index < -0.39 is 5.82 Å². The average Bonchev–Trinajstić information content (AvgIpc) is 2.36. The lowest BCUT2D eigenvalue weighted by Gasteiger charge is -2.09. The van der Waals surface area contributed by atoms with Crippen LogP contribution in [0.5, 0.6) is 11.6 Å². The fourth-order valence-electron chi connectivity index (χ4n) is 1.35. The zero-order valence-electron chi connectivity index (χ0n) is 9.16. The number of hydrogen-bond donors (Lipinski definition) is 1. The number of rotatable bonds is 3. The van der Waals surface area contributed by atoms with Crippen LogP contribution in [0.3, 0.4) is 0 Å². The first-order chi connectivity index (χ1) is 8.61. The third-order valence-electron chi connectivity index (χ3n) is 2.26. The fourth-order valence-corrected chi connectivity index (χ4v) is 1.85. The molecule has 2 aromatic rings. The van der Waals surface area contributed by atoms with Crippen LogP contribution in [0, 0.1) is 5.82 Å². The zero-order chi connectivity index (χ0) is 13.1. The first-order valence-electron chi connectivity index (χ1n) is 5.08. The Morgan fingerprint density at radius 1 is 1.39 bits per heavy atom. The molecule has 0 spiro atoms. The van der Waals surface area contributed by atoms with E-state index >= 15 is 0 Å². The van der Waals surface area contributed by atoms with Crippen LogP contribution < -0.4 is 10.5 Å². The number of nitrogens with zero attached hydrogens (tertiary/aromatic N) is 1. The first-order valence-corrected chi connectivity index (χ1v) is 6.25. The van der Waals surface area contributed by atoms with Gasteiger partial charge in [0.2, 0.25) is 0 Å². The largest absolute Gasteiger partial charge is 0.435 e. The molecule has 0 saturated heterocycles. The van der Waals surface area contributed by atoms with E-state index in [-0.39, 0.29) is 12.4 Å². The van der Waals surface area contributed by atoms with E-state index in [1.54, 1.807) is 18.2 Å². The summed E-state index contributed by atoms with van der Waals surface area (Å²) in [5.41, 5.74) is 5.75. The van der Waals surface area contributed by atoms with Crippen molar-refractivity contribution in [3.8, 4) is 11.6 Å². The van der Waals surface area contributed by atoms with Crippen LogP contribution >= 0.6 is 27.5 Å². The summed E-state index contributed by atoms with van der Waals surface area (Å²) in [5, 5.41) is 0.373. The molecule has 1 aromatic carbocycles. The molecule has 94 valence electrons. The first kappa shape index (κ1) is 13.3. The molecule has 3 nitrogen and oxygen atoms in total. The molecule has 0 radical (unpaired) electrons. The zero-order valence-corrected chi connectivity index (χ0v) is 11.5. The van der Waals surface area contributed by atoms with Crippen LogP contribution in [0.4, 0.5) is 4.39 Å². The number of benzene rings is 1. The number of ether oxygens (including phenoxy) is 1. The van der Waals surface area contributed by atoms with Gasteiger partial charge < -0.3 is 10.5 Å². The van der Waals surface area contributed by atoms with Gasteiger partial charge in [0.1, 0.15) is 5.75 Å². The Kier molecular flexibility index (Phi) is 4.16. The van der Waals surface area contributed by atoms with Crippen molar-refractivity contribution in [2.45, 2.75) is 6.54 Å². The molecule has 1 heterocycles. The summed E-state index contributed by atoms with van der Waals surface area (Å²) < 4.78 is 20.0. The van der Waals surface area contributed by atoms with Crippen molar-refractivity contribution in [3.05, 3.63) is 51.3 Å². The van der Waals surface area contributed by atoms with E-state index in [9.17, 15) is 4.39 Å². The predicted octanol–water partition coefficient (Wildman–Crippen LogP) is 3.89. The van der Waals surface area contributed by atoms with Crippen molar-refractivity contribution in [2.24, 2.45) is 5.73 Å². The van der Waals surface area contributed by atoms with Crippen LogP contribution in [0.15, 0.2) is 34.9 Å². The molecule has 0 unspecified atom stereocenters. The number of nitrogens with two attached hydrogens (primary N) is 1. The second-order valence-electron chi connectivity index (χ2n) is 3.47. The Bertz CT molecular complexity index is 580. The van der Waals surface area contributed by atoms with Gasteiger partial charge in [-0.25, -0.2) is 9.37 Å². The standard InChI is InChI=1S/C12H9BrClFN2O/c13-8-1-2-9(14)10(5-8)18-12-11(15)7(6-16)3-4-17-12/h1-5H,6,16H2. The molecular weight excluding hydrogens is 322 g/mol. The summed E-state index contributed by atoms with van der Waals surface area (Å²) in [6.45, 7) is 0.0803. The van der Waals surface area contributed by atoms with Gasteiger partial charge in [-0.2, -0.15) is 0 Å². The number of halogens is 3. The van der Waals surface area contributed by atoms with Gasteiger partial charge in [0.15, 0.2) is 5.82 Å². The van der Waals surface area contributed by atoms with E-state index in [0.717, 1.165) is 4.47 Å². The topological polar surface area (TPSA) is 48.1 Å². The van der Waals surface area contributed by atoms with E-state index in [4.69, 9.17) is 22.1 Å². The van der Waals surface area contributed by atoms with Crippen LogP contribution in [0.1, 0.15) is 5.56 Å². The summed E-state index contributed by atoms with van der Waals surface area (Å²) in [4.78, 5) is 3.83. The normalized spacial score (nSPS) is 10.4. The highest BCUT2D eigenvalue weighted by molar-refractivity contribution is 9.10. The van der Waals surface area contributed by atoms with Gasteiger partial charge >= 0.3 is 0 Å². The van der Waals surface area contributed by atoms with E-state index in [1.165, 1.54) is 12.3 Å². The Labute approximate surface area is 117 Å². The molecule has 18 heavy (non-hydrogen) atoms. The summed E-state index contributed by atoms with van der Waals surface area (Å²) in [7, 11) is 0. The van der Waals surface area contributed by atoms with Crippen molar-refractivity contribution in [3.63, 3.8) is 0 Å². The lowest BCUT2D eigenvalue weighted by molar-refractivity contribution is 0.419. The quantitative estimate of drug-likeness (QED) is 0.928. The Hall–Kier alpha value is -1.17. The summed E-state index contributed by atoms with van der Waals surface area (Å²) >= 11 is 9.23. The molecule has 2 N–H and O–H groups in total. The Morgan fingerprint density at radius 3 is 2.89 bits per heavy atom. The SMILES string of the molecule is NCc1ccnc(Oc2cc(Br)ccc2Cl)c1F. The van der Waals surface area contributed by atoms with E-state index in [1.807, 2.05) is 0 Å². The lowest BCUT2D eigenvalue weighted by atomic mass is 10.2. The molecular formula is C12H9BrClFN2O. The van der Waals surface area contributed by atoms with Crippen molar-refractivity contribution in [1.29, 1.82) is 0 Å². The van der Waals surface area contributed by atoms with Crippen LogP contribution in [-0.2, 0) is 6.54 Å². The van der Waals surface area contributed by atoms with Gasteiger partial charge in [0.05, 0.1) is 5.02 Å². The van der Waals surface area contributed by atoms with Crippen LogP contribution in [0.25, 0.3) is 0 Å². The van der Waals surface area contributed by atoms with Crippen LogP contribution in [-0.4, -0.2) is 4.98 Å². The Balaban J connectivity index is 2.37. The highest BCUT2D eigenvalue weighted by Gasteiger charge is 2.12. The molecule has 0 aliphatic rings. The molecule has 0 fully saturated rings. The minimum atomic E-state index is -0.573. The molecule has 0 saturated carbocycles. The minimum Gasteiger partial charge on any atom is -0.435 e. The van der Waals surface area contributed by atoms with Gasteiger partial charge in [-0.15, -0.1) is 0 Å². The molecule has 2 rings (SSSR count). The Morgan fingerprint density at radius 2 is 2.17 bits per heavy atom. The number of aromatic nitrogens is 1. The molecule has 0 amide bonds. The summed E-state index contributed by atoms with van der Waals surface area (Å²) in [6, 6.07) is 6.55. The number of hydrogen-bond acceptors (Lipinski definition) is 3. The summed E-state index contributed by atoms with van der Waals surface area (Å²) in [5.74, 6) is -0.388. The highest BCUT2D eigenvalue weighted by Crippen LogP contribution is 2.32. The molecule has 0 aliphatic carbocycles. The summed E-state index contributed by atoms with van der Waals surface area (Å²) in [6.07, 6.45) is 1.44. The predicted molar refractivity (Wildman–Crippen MR) is 71.3 cm³/mol. The second kappa shape index (κ2) is 5.65. The average molecular weight is 332 g/mol. The van der Waals surface area contributed by atoms with Crippen molar-refractivity contribution < 1.29 is 9.13 Å². The maximum atomic E-state index is 13.9. The monoisotopic (exact) mass is 330 g/mol. The van der Waals surface area contributed by atoms with Gasteiger partial charge in [-0.3, -0.25) is 0 Å². The van der Waals surface area contributed by atoms with E-state index in [2.05, 4.69) is 20.9 Å². The third kappa shape index (κ3) is 2.80. The smallest absolute Gasteiger partial charge is 0.256 e. The third-order valence-corrected chi connectivity index (χ3v) is 3.06. The van der Waals surface area contributed by atoms with Gasteiger partial charge in [-0.1, -0.05) is 27.5 Å².